The summed E-state index contributed by atoms with van der Waals surface area (Å²) in [5.41, 5.74) is 1.40. The molecule has 1 fully saturated rings. The molecule has 1 atom stereocenters. The lowest BCUT2D eigenvalue weighted by Gasteiger charge is -2.24. The van der Waals surface area contributed by atoms with Gasteiger partial charge in [-0.05, 0) is 48.2 Å². The first-order valence-electron chi connectivity index (χ1n) is 8.37. The van der Waals surface area contributed by atoms with Crippen LogP contribution in [-0.2, 0) is 0 Å². The molecule has 0 amide bonds. The molecule has 0 bridgehead atoms. The van der Waals surface area contributed by atoms with Gasteiger partial charge in [-0.3, -0.25) is 4.99 Å². The number of hydrogen-bond donors (Lipinski definition) is 2. The molecular weight excluding hydrogens is 292 g/mol. The van der Waals surface area contributed by atoms with Crippen molar-refractivity contribution in [2.24, 2.45) is 4.99 Å². The molecule has 0 aromatic carbocycles. The van der Waals surface area contributed by atoms with E-state index in [-0.39, 0.29) is 0 Å². The zero-order valence-corrected chi connectivity index (χ0v) is 15.0. The standard InChI is InChI=1S/C17H30N4S/c1-14(15-8-11-22-13-15)12-20-17(18-2)19-9-10-21(3)16-6-4-5-7-16/h8,11,13-14,16H,4-7,9-10,12H2,1-3H3,(H2,18,19,20). The van der Waals surface area contributed by atoms with Crippen LogP contribution in [0.25, 0.3) is 0 Å². The quantitative estimate of drug-likeness (QED) is 0.599. The Kier molecular flexibility index (Phi) is 7.19. The van der Waals surface area contributed by atoms with E-state index in [1.54, 1.807) is 11.3 Å². The first kappa shape index (κ1) is 17.3. The summed E-state index contributed by atoms with van der Waals surface area (Å²) in [6, 6.07) is 2.99. The number of hydrogen-bond acceptors (Lipinski definition) is 3. The predicted molar refractivity (Wildman–Crippen MR) is 97.0 cm³/mol. The molecule has 4 nitrogen and oxygen atoms in total. The molecule has 0 saturated heterocycles. The number of nitrogens with zero attached hydrogens (tertiary/aromatic N) is 2. The number of nitrogens with one attached hydrogen (secondary N) is 2. The van der Waals surface area contributed by atoms with Crippen LogP contribution in [0.15, 0.2) is 21.8 Å². The molecule has 2 N–H and O–H groups in total. The molecule has 1 saturated carbocycles. The van der Waals surface area contributed by atoms with Crippen LogP contribution in [0, 0.1) is 0 Å². The van der Waals surface area contributed by atoms with Crippen LogP contribution in [0.4, 0.5) is 0 Å². The van der Waals surface area contributed by atoms with Crippen molar-refractivity contribution >= 4 is 17.3 Å². The van der Waals surface area contributed by atoms with E-state index in [0.717, 1.165) is 31.6 Å². The molecule has 0 aliphatic heterocycles. The molecule has 2 rings (SSSR count). The Labute approximate surface area is 139 Å². The van der Waals surface area contributed by atoms with Crippen LogP contribution in [0.2, 0.25) is 0 Å². The zero-order valence-electron chi connectivity index (χ0n) is 14.1. The molecule has 1 aliphatic rings. The summed E-state index contributed by atoms with van der Waals surface area (Å²) in [5, 5.41) is 11.2. The van der Waals surface area contributed by atoms with Crippen LogP contribution < -0.4 is 10.6 Å². The van der Waals surface area contributed by atoms with E-state index in [1.165, 1.54) is 31.2 Å². The summed E-state index contributed by atoms with van der Waals surface area (Å²) < 4.78 is 0. The first-order chi connectivity index (χ1) is 10.7. The maximum atomic E-state index is 4.31. The second-order valence-electron chi connectivity index (χ2n) is 6.26. The molecular formula is C17H30N4S. The summed E-state index contributed by atoms with van der Waals surface area (Å²) in [5.74, 6) is 1.41. The van der Waals surface area contributed by atoms with E-state index in [0.29, 0.717) is 5.92 Å². The number of thiophene rings is 1. The lowest BCUT2D eigenvalue weighted by atomic mass is 10.1. The third kappa shape index (κ3) is 5.29. The van der Waals surface area contributed by atoms with Gasteiger partial charge in [-0.15, -0.1) is 0 Å². The van der Waals surface area contributed by atoms with Gasteiger partial charge in [0.05, 0.1) is 0 Å². The van der Waals surface area contributed by atoms with Crippen molar-refractivity contribution in [3.63, 3.8) is 0 Å². The predicted octanol–water partition coefficient (Wildman–Crippen LogP) is 2.89. The molecule has 1 unspecified atom stereocenters. The van der Waals surface area contributed by atoms with Crippen molar-refractivity contribution in [2.45, 2.75) is 44.6 Å². The van der Waals surface area contributed by atoms with E-state index >= 15 is 0 Å². The molecule has 1 aliphatic carbocycles. The Morgan fingerprint density at radius 2 is 2.18 bits per heavy atom. The summed E-state index contributed by atoms with van der Waals surface area (Å²) in [7, 11) is 4.08. The summed E-state index contributed by atoms with van der Waals surface area (Å²) >= 11 is 1.76. The van der Waals surface area contributed by atoms with Crippen LogP contribution in [0.3, 0.4) is 0 Å². The van der Waals surface area contributed by atoms with Crippen LogP contribution in [0.1, 0.15) is 44.1 Å². The van der Waals surface area contributed by atoms with Gasteiger partial charge in [0.25, 0.3) is 0 Å². The zero-order chi connectivity index (χ0) is 15.8. The second kappa shape index (κ2) is 9.16. The maximum Gasteiger partial charge on any atom is 0.191 e. The van der Waals surface area contributed by atoms with Gasteiger partial charge in [0.2, 0.25) is 0 Å². The summed E-state index contributed by atoms with van der Waals surface area (Å²) in [4.78, 5) is 6.80. The Morgan fingerprint density at radius 1 is 1.41 bits per heavy atom. The fourth-order valence-electron chi connectivity index (χ4n) is 3.02. The molecule has 1 aromatic heterocycles. The molecule has 124 valence electrons. The molecule has 0 spiro atoms. The van der Waals surface area contributed by atoms with Crippen molar-refractivity contribution in [3.8, 4) is 0 Å². The minimum absolute atomic E-state index is 0.506. The number of aliphatic imine (C=N–C) groups is 1. The molecule has 0 radical (unpaired) electrons. The van der Waals surface area contributed by atoms with E-state index in [9.17, 15) is 0 Å². The topological polar surface area (TPSA) is 39.7 Å². The van der Waals surface area contributed by atoms with Gasteiger partial charge in [-0.2, -0.15) is 11.3 Å². The third-order valence-corrected chi connectivity index (χ3v) is 5.32. The Morgan fingerprint density at radius 3 is 2.82 bits per heavy atom. The largest absolute Gasteiger partial charge is 0.356 e. The maximum absolute atomic E-state index is 4.31. The molecule has 5 heteroatoms. The number of rotatable bonds is 7. The highest BCUT2D eigenvalue weighted by Crippen LogP contribution is 2.21. The molecule has 22 heavy (non-hydrogen) atoms. The number of likely N-dealkylation sites (N-methyl/N-ethyl adjacent to an activating group) is 1. The van der Waals surface area contributed by atoms with Gasteiger partial charge in [0.15, 0.2) is 5.96 Å². The normalized spacial score (nSPS) is 17.9. The van der Waals surface area contributed by atoms with Gasteiger partial charge in [-0.1, -0.05) is 19.8 Å². The minimum atomic E-state index is 0.506. The van der Waals surface area contributed by atoms with E-state index in [2.05, 4.69) is 51.3 Å². The lowest BCUT2D eigenvalue weighted by molar-refractivity contribution is 0.249. The summed E-state index contributed by atoms with van der Waals surface area (Å²) in [6.45, 7) is 5.18. The van der Waals surface area contributed by atoms with E-state index in [1.807, 2.05) is 7.05 Å². The Bertz CT molecular complexity index is 438. The van der Waals surface area contributed by atoms with Gasteiger partial charge in [0, 0.05) is 32.7 Å². The second-order valence-corrected chi connectivity index (χ2v) is 7.04. The highest BCUT2D eigenvalue weighted by molar-refractivity contribution is 7.07. The van der Waals surface area contributed by atoms with Gasteiger partial charge < -0.3 is 15.5 Å². The average molecular weight is 323 g/mol. The van der Waals surface area contributed by atoms with Crippen molar-refractivity contribution in [1.29, 1.82) is 0 Å². The van der Waals surface area contributed by atoms with Gasteiger partial charge >= 0.3 is 0 Å². The highest BCUT2D eigenvalue weighted by atomic mass is 32.1. The minimum Gasteiger partial charge on any atom is -0.356 e. The van der Waals surface area contributed by atoms with Crippen LogP contribution in [-0.4, -0.2) is 50.6 Å². The van der Waals surface area contributed by atoms with Crippen molar-refractivity contribution < 1.29 is 0 Å². The third-order valence-electron chi connectivity index (χ3n) is 4.62. The van der Waals surface area contributed by atoms with Gasteiger partial charge in [0.1, 0.15) is 0 Å². The van der Waals surface area contributed by atoms with Crippen molar-refractivity contribution in [2.75, 3.05) is 33.7 Å². The number of guanidine groups is 1. The molecule has 1 aromatic rings. The molecule has 1 heterocycles. The fraction of sp³-hybridized carbons (Fsp3) is 0.706. The Hall–Kier alpha value is -1.07. The fourth-order valence-corrected chi connectivity index (χ4v) is 3.80. The monoisotopic (exact) mass is 322 g/mol. The van der Waals surface area contributed by atoms with E-state index in [4.69, 9.17) is 0 Å². The van der Waals surface area contributed by atoms with E-state index < -0.39 is 0 Å². The highest BCUT2D eigenvalue weighted by Gasteiger charge is 2.18. The van der Waals surface area contributed by atoms with Crippen LogP contribution in [0.5, 0.6) is 0 Å². The SMILES string of the molecule is CN=C(NCCN(C)C1CCCC1)NCC(C)c1ccsc1. The smallest absolute Gasteiger partial charge is 0.191 e. The Balaban J connectivity index is 1.64. The summed E-state index contributed by atoms with van der Waals surface area (Å²) in [6.07, 6.45) is 5.52. The van der Waals surface area contributed by atoms with Crippen molar-refractivity contribution in [1.82, 2.24) is 15.5 Å². The van der Waals surface area contributed by atoms with Crippen LogP contribution >= 0.6 is 11.3 Å². The van der Waals surface area contributed by atoms with Crippen molar-refractivity contribution in [3.05, 3.63) is 22.4 Å². The van der Waals surface area contributed by atoms with Gasteiger partial charge in [-0.25, -0.2) is 0 Å². The first-order valence-corrected chi connectivity index (χ1v) is 9.32. The lowest BCUT2D eigenvalue weighted by Crippen LogP contribution is -2.43. The average Bonchev–Trinajstić information content (AvgIpc) is 3.23.